The van der Waals surface area contributed by atoms with E-state index in [-0.39, 0.29) is 6.04 Å². The Morgan fingerprint density at radius 1 is 1.35 bits per heavy atom. The Balaban J connectivity index is 2.23. The molecule has 0 radical (unpaired) electrons. The fourth-order valence-electron chi connectivity index (χ4n) is 2.48. The minimum atomic E-state index is -0.620. The highest BCUT2D eigenvalue weighted by atomic mass is 19.1. The van der Waals surface area contributed by atoms with Crippen LogP contribution in [0.4, 0.5) is 13.6 Å². The molecule has 1 aliphatic carbocycles. The molecule has 1 atom stereocenters. The van der Waals surface area contributed by atoms with Crippen LogP contribution in [-0.2, 0) is 11.2 Å². The number of carbonyl (C=O) groups excluding carboxylic acids is 1. The first kappa shape index (κ1) is 14.8. The summed E-state index contributed by atoms with van der Waals surface area (Å²) >= 11 is 0. The first-order valence-electron chi connectivity index (χ1n) is 6.62. The Bertz CT molecular complexity index is 537. The van der Waals surface area contributed by atoms with Crippen molar-refractivity contribution in [1.82, 2.24) is 4.90 Å². The van der Waals surface area contributed by atoms with Gasteiger partial charge in [0.1, 0.15) is 17.2 Å². The number of halogens is 2. The van der Waals surface area contributed by atoms with E-state index in [1.54, 1.807) is 27.8 Å². The number of amides is 1. The van der Waals surface area contributed by atoms with E-state index in [0.717, 1.165) is 6.07 Å². The second kappa shape index (κ2) is 5.04. The SMILES string of the molecule is CN(C(=O)OC(C)(C)C)C1CCc2c(F)cc(F)cc21. The third kappa shape index (κ3) is 2.92. The number of fused-ring (bicyclic) bond motifs is 1. The van der Waals surface area contributed by atoms with Crippen molar-refractivity contribution in [2.75, 3.05) is 7.05 Å². The smallest absolute Gasteiger partial charge is 0.410 e. The van der Waals surface area contributed by atoms with Gasteiger partial charge in [0.15, 0.2) is 0 Å². The Morgan fingerprint density at radius 2 is 2.00 bits per heavy atom. The van der Waals surface area contributed by atoms with E-state index < -0.39 is 23.3 Å². The fraction of sp³-hybridized carbons (Fsp3) is 0.533. The molecule has 2 rings (SSSR count). The van der Waals surface area contributed by atoms with Crippen LogP contribution in [0.15, 0.2) is 12.1 Å². The molecule has 5 heteroatoms. The molecule has 110 valence electrons. The number of ether oxygens (including phenoxy) is 1. The van der Waals surface area contributed by atoms with E-state index in [2.05, 4.69) is 0 Å². The average molecular weight is 283 g/mol. The van der Waals surface area contributed by atoms with Crippen molar-refractivity contribution in [2.45, 2.75) is 45.3 Å². The highest BCUT2D eigenvalue weighted by molar-refractivity contribution is 5.68. The van der Waals surface area contributed by atoms with Crippen molar-refractivity contribution in [1.29, 1.82) is 0 Å². The lowest BCUT2D eigenvalue weighted by atomic mass is 10.1. The summed E-state index contributed by atoms with van der Waals surface area (Å²) in [6, 6.07) is 1.84. The molecule has 0 spiro atoms. The molecular formula is C15H19F2NO2. The summed E-state index contributed by atoms with van der Waals surface area (Å²) in [5.74, 6) is -1.16. The second-order valence-electron chi connectivity index (χ2n) is 6.10. The highest BCUT2D eigenvalue weighted by Gasteiger charge is 2.33. The first-order chi connectivity index (χ1) is 9.19. The fourth-order valence-corrected chi connectivity index (χ4v) is 2.48. The van der Waals surface area contributed by atoms with E-state index in [9.17, 15) is 13.6 Å². The van der Waals surface area contributed by atoms with Gasteiger partial charge in [-0.3, -0.25) is 0 Å². The average Bonchev–Trinajstić information content (AvgIpc) is 2.69. The number of benzene rings is 1. The monoisotopic (exact) mass is 283 g/mol. The largest absolute Gasteiger partial charge is 0.444 e. The number of carbonyl (C=O) groups is 1. The summed E-state index contributed by atoms with van der Waals surface area (Å²) < 4.78 is 32.3. The maximum absolute atomic E-state index is 13.7. The lowest BCUT2D eigenvalue weighted by Crippen LogP contribution is -2.36. The molecular weight excluding hydrogens is 264 g/mol. The highest BCUT2D eigenvalue weighted by Crippen LogP contribution is 2.37. The van der Waals surface area contributed by atoms with Gasteiger partial charge in [-0.15, -0.1) is 0 Å². The predicted molar refractivity (Wildman–Crippen MR) is 71.4 cm³/mol. The minimum absolute atomic E-state index is 0.343. The third-order valence-electron chi connectivity index (χ3n) is 3.37. The van der Waals surface area contributed by atoms with Crippen molar-refractivity contribution >= 4 is 6.09 Å². The molecule has 0 aromatic heterocycles. The molecule has 0 bridgehead atoms. The van der Waals surface area contributed by atoms with Crippen molar-refractivity contribution in [3.63, 3.8) is 0 Å². The van der Waals surface area contributed by atoms with E-state index in [1.807, 2.05) is 0 Å². The second-order valence-corrected chi connectivity index (χ2v) is 6.10. The molecule has 1 unspecified atom stereocenters. The van der Waals surface area contributed by atoms with Crippen LogP contribution in [0.2, 0.25) is 0 Å². The Morgan fingerprint density at radius 3 is 2.60 bits per heavy atom. The summed E-state index contributed by atoms with van der Waals surface area (Å²) in [4.78, 5) is 13.5. The van der Waals surface area contributed by atoms with Gasteiger partial charge in [-0.05, 0) is 50.8 Å². The molecule has 0 saturated heterocycles. The first-order valence-corrected chi connectivity index (χ1v) is 6.62. The molecule has 1 aromatic carbocycles. The van der Waals surface area contributed by atoms with Crippen LogP contribution < -0.4 is 0 Å². The number of hydrogen-bond donors (Lipinski definition) is 0. The zero-order valence-corrected chi connectivity index (χ0v) is 12.2. The van der Waals surface area contributed by atoms with E-state index in [1.165, 1.54) is 11.0 Å². The summed E-state index contributed by atoms with van der Waals surface area (Å²) in [6.07, 6.45) is 0.588. The minimum Gasteiger partial charge on any atom is -0.444 e. The molecule has 1 amide bonds. The van der Waals surface area contributed by atoms with Crippen molar-refractivity contribution in [3.05, 3.63) is 34.9 Å². The van der Waals surface area contributed by atoms with E-state index in [0.29, 0.717) is 24.0 Å². The van der Waals surface area contributed by atoms with Gasteiger partial charge in [-0.25, -0.2) is 13.6 Å². The summed E-state index contributed by atoms with van der Waals surface area (Å²) in [7, 11) is 1.59. The van der Waals surface area contributed by atoms with Gasteiger partial charge in [0, 0.05) is 13.1 Å². The standard InChI is InChI=1S/C15H19F2NO2/c1-15(2,3)20-14(19)18(4)13-6-5-10-11(13)7-9(16)8-12(10)17/h7-8,13H,5-6H2,1-4H3. The lowest BCUT2D eigenvalue weighted by molar-refractivity contribution is 0.0220. The van der Waals surface area contributed by atoms with Gasteiger partial charge in [-0.2, -0.15) is 0 Å². The van der Waals surface area contributed by atoms with Crippen LogP contribution in [0.1, 0.15) is 44.4 Å². The number of rotatable bonds is 1. The van der Waals surface area contributed by atoms with Crippen molar-refractivity contribution < 1.29 is 18.3 Å². The Hall–Kier alpha value is -1.65. The molecule has 0 aliphatic heterocycles. The lowest BCUT2D eigenvalue weighted by Gasteiger charge is -2.29. The van der Waals surface area contributed by atoms with Gasteiger partial charge in [0.05, 0.1) is 6.04 Å². The number of hydrogen-bond acceptors (Lipinski definition) is 2. The maximum atomic E-state index is 13.7. The van der Waals surface area contributed by atoms with Gasteiger partial charge in [-0.1, -0.05) is 0 Å². The van der Waals surface area contributed by atoms with Crippen LogP contribution in [0.5, 0.6) is 0 Å². The molecule has 0 saturated carbocycles. The topological polar surface area (TPSA) is 29.5 Å². The van der Waals surface area contributed by atoms with Crippen molar-refractivity contribution in [2.24, 2.45) is 0 Å². The van der Waals surface area contributed by atoms with Gasteiger partial charge in [0.2, 0.25) is 0 Å². The molecule has 0 N–H and O–H groups in total. The number of nitrogens with zero attached hydrogens (tertiary/aromatic N) is 1. The molecule has 1 aromatic rings. The maximum Gasteiger partial charge on any atom is 0.410 e. The Kier molecular flexibility index (Phi) is 3.71. The van der Waals surface area contributed by atoms with E-state index in [4.69, 9.17) is 4.74 Å². The molecule has 1 aliphatic rings. The summed E-state index contributed by atoms with van der Waals surface area (Å²) in [6.45, 7) is 5.34. The predicted octanol–water partition coefficient (Wildman–Crippen LogP) is 3.82. The Labute approximate surface area is 117 Å². The van der Waals surface area contributed by atoms with Crippen LogP contribution in [0.25, 0.3) is 0 Å². The van der Waals surface area contributed by atoms with Crippen molar-refractivity contribution in [3.8, 4) is 0 Å². The molecule has 20 heavy (non-hydrogen) atoms. The molecule has 0 heterocycles. The van der Waals surface area contributed by atoms with Crippen LogP contribution in [0, 0.1) is 11.6 Å². The zero-order valence-electron chi connectivity index (χ0n) is 12.2. The summed E-state index contributed by atoms with van der Waals surface area (Å²) in [5, 5.41) is 0. The third-order valence-corrected chi connectivity index (χ3v) is 3.37. The summed E-state index contributed by atoms with van der Waals surface area (Å²) in [5.41, 5.74) is 0.433. The zero-order chi connectivity index (χ0) is 15.1. The van der Waals surface area contributed by atoms with E-state index >= 15 is 0 Å². The molecule has 3 nitrogen and oxygen atoms in total. The van der Waals surface area contributed by atoms with Gasteiger partial charge in [0.25, 0.3) is 0 Å². The van der Waals surface area contributed by atoms with Gasteiger partial charge < -0.3 is 9.64 Å². The molecule has 0 fully saturated rings. The normalized spacial score (nSPS) is 17.8. The van der Waals surface area contributed by atoms with Gasteiger partial charge >= 0.3 is 6.09 Å². The van der Waals surface area contributed by atoms with Crippen LogP contribution >= 0.6 is 0 Å². The van der Waals surface area contributed by atoms with Crippen LogP contribution in [-0.4, -0.2) is 23.6 Å². The quantitative estimate of drug-likeness (QED) is 0.784. The van der Waals surface area contributed by atoms with Crippen LogP contribution in [0.3, 0.4) is 0 Å².